The van der Waals surface area contributed by atoms with Crippen molar-refractivity contribution in [2.45, 2.75) is 156 Å². The summed E-state index contributed by atoms with van der Waals surface area (Å²) in [5.41, 5.74) is 7.93. The number of benzene rings is 2. The van der Waals surface area contributed by atoms with E-state index in [-0.39, 0.29) is 19.5 Å². The SMILES string of the molecule is CCCCCCc1cccc([NH+]([S-])C(=S)[S-])c1CCCCCC.CCCCCCc1cccc([NH+]([S-])C(=S)[S-])c1CCCCCC.[Zn+2]. The maximum atomic E-state index is 5.50. The predicted octanol–water partition coefficient (Wildman–Crippen LogP) is 9.48. The zero-order valence-corrected chi connectivity index (χ0v) is 37.6. The van der Waals surface area contributed by atoms with E-state index in [9.17, 15) is 0 Å². The molecule has 0 fully saturated rings. The molecule has 2 aromatic carbocycles. The Hall–Kier alpha value is 0.303. The molecule has 2 rings (SSSR count). The van der Waals surface area contributed by atoms with Gasteiger partial charge in [0.1, 0.15) is 11.4 Å². The van der Waals surface area contributed by atoms with Crippen molar-refractivity contribution in [2.24, 2.45) is 0 Å². The molecular weight excluding hydrogens is 742 g/mol. The minimum atomic E-state index is 0. The van der Waals surface area contributed by atoms with Crippen molar-refractivity contribution >= 4 is 95.3 Å². The fourth-order valence-electron chi connectivity index (χ4n) is 5.92. The first-order valence-corrected chi connectivity index (χ1v) is 20.4. The van der Waals surface area contributed by atoms with E-state index >= 15 is 0 Å². The van der Waals surface area contributed by atoms with Crippen LogP contribution in [0.15, 0.2) is 36.4 Å². The number of unbranched alkanes of at least 4 members (excludes halogenated alkanes) is 12. The van der Waals surface area contributed by atoms with Crippen molar-refractivity contribution in [1.82, 2.24) is 0 Å². The Bertz CT molecular complexity index is 1040. The molecule has 9 heteroatoms. The van der Waals surface area contributed by atoms with E-state index in [4.69, 9.17) is 75.3 Å². The van der Waals surface area contributed by atoms with E-state index in [1.54, 1.807) is 0 Å². The van der Waals surface area contributed by atoms with Crippen molar-refractivity contribution in [3.8, 4) is 0 Å². The van der Waals surface area contributed by atoms with E-state index in [0.717, 1.165) is 37.1 Å². The van der Waals surface area contributed by atoms with Crippen LogP contribution in [-0.2, 0) is 96.0 Å². The normalized spacial score (nSPS) is 12.0. The van der Waals surface area contributed by atoms with E-state index in [1.807, 2.05) is 0 Å². The Kier molecular flexibility index (Phi) is 30.2. The Morgan fingerprint density at radius 2 is 0.787 bits per heavy atom. The van der Waals surface area contributed by atoms with Crippen LogP contribution in [0.25, 0.3) is 0 Å². The molecule has 0 saturated carbocycles. The van der Waals surface area contributed by atoms with Gasteiger partial charge in [0, 0.05) is 19.8 Å². The van der Waals surface area contributed by atoms with Gasteiger partial charge in [-0.1, -0.05) is 129 Å². The van der Waals surface area contributed by atoms with Gasteiger partial charge in [-0.15, -0.1) is 0 Å². The number of quaternary nitrogens is 2. The predicted molar refractivity (Wildman–Crippen MR) is 220 cm³/mol. The molecule has 47 heavy (non-hydrogen) atoms. The Labute approximate surface area is 335 Å². The number of thiocarbonyl (C=S) groups is 2. The molecule has 0 aliphatic heterocycles. The van der Waals surface area contributed by atoms with Crippen LogP contribution in [0.1, 0.15) is 153 Å². The fourth-order valence-corrected chi connectivity index (χ4v) is 6.74. The average molecular weight is 803 g/mol. The second-order valence-corrected chi connectivity index (χ2v) is 15.3. The van der Waals surface area contributed by atoms with Crippen molar-refractivity contribution in [1.29, 1.82) is 0 Å². The molecule has 0 heterocycles. The number of hydrogen-bond donors (Lipinski definition) is 2. The molecule has 2 nitrogen and oxygen atoms in total. The summed E-state index contributed by atoms with van der Waals surface area (Å²) in [6.45, 7) is 9.00. The molecule has 0 bridgehead atoms. The fraction of sp³-hybridized carbons (Fsp3) is 0.632. The van der Waals surface area contributed by atoms with Crippen LogP contribution in [0.4, 0.5) is 11.4 Å². The molecule has 0 saturated heterocycles. The molecule has 0 aliphatic rings. The molecule has 260 valence electrons. The summed E-state index contributed by atoms with van der Waals surface area (Å²) >= 11 is 31.6. The largest absolute Gasteiger partial charge is 2.00 e. The smallest absolute Gasteiger partial charge is 0.485 e. The van der Waals surface area contributed by atoms with E-state index in [1.165, 1.54) is 125 Å². The Morgan fingerprint density at radius 3 is 1.06 bits per heavy atom. The summed E-state index contributed by atoms with van der Waals surface area (Å²) < 4.78 is 2.24. The van der Waals surface area contributed by atoms with Crippen molar-refractivity contribution in [3.63, 3.8) is 0 Å². The van der Waals surface area contributed by atoms with Crippen LogP contribution in [0.2, 0.25) is 0 Å². The first kappa shape index (κ1) is 47.3. The molecular formula is C38H60N2S6Zn. The molecule has 2 aromatic rings. The number of hydrogen-bond acceptors (Lipinski definition) is 6. The third-order valence-electron chi connectivity index (χ3n) is 8.57. The molecule has 2 atom stereocenters. The van der Waals surface area contributed by atoms with Gasteiger partial charge in [-0.25, -0.2) is 0 Å². The summed E-state index contributed by atoms with van der Waals surface area (Å²) in [4.78, 5) is 0. The van der Waals surface area contributed by atoms with Gasteiger partial charge < -0.3 is 83.9 Å². The van der Waals surface area contributed by atoms with Gasteiger partial charge in [0.2, 0.25) is 0 Å². The maximum absolute atomic E-state index is 5.50. The second kappa shape index (κ2) is 30.0. The van der Waals surface area contributed by atoms with Gasteiger partial charge in [-0.2, -0.15) is 0 Å². The van der Waals surface area contributed by atoms with Gasteiger partial charge in [0.05, 0.1) is 0 Å². The summed E-state index contributed by atoms with van der Waals surface area (Å²) in [6, 6.07) is 13.0. The van der Waals surface area contributed by atoms with Crippen LogP contribution < -0.4 is 8.61 Å². The van der Waals surface area contributed by atoms with Gasteiger partial charge in [0.25, 0.3) is 0 Å². The first-order valence-electron chi connectivity index (χ1n) is 18.0. The van der Waals surface area contributed by atoms with E-state index in [0.29, 0.717) is 17.3 Å². The Morgan fingerprint density at radius 1 is 0.489 bits per heavy atom. The quantitative estimate of drug-likeness (QED) is 0.0528. The topological polar surface area (TPSA) is 8.88 Å². The molecule has 2 N–H and O–H groups in total. The van der Waals surface area contributed by atoms with Crippen molar-refractivity contribution in [2.75, 3.05) is 0 Å². The van der Waals surface area contributed by atoms with Gasteiger partial charge in [-0.05, 0) is 74.6 Å². The van der Waals surface area contributed by atoms with Crippen LogP contribution >= 0.6 is 24.4 Å². The van der Waals surface area contributed by atoms with Crippen molar-refractivity contribution in [3.05, 3.63) is 58.7 Å². The van der Waals surface area contributed by atoms with E-state index in [2.05, 4.69) is 64.1 Å². The van der Waals surface area contributed by atoms with Crippen molar-refractivity contribution < 1.29 is 28.1 Å². The molecule has 0 aromatic heterocycles. The molecule has 2 unspecified atom stereocenters. The second-order valence-electron chi connectivity index (χ2n) is 12.4. The average Bonchev–Trinajstić information content (AvgIpc) is 3.05. The van der Waals surface area contributed by atoms with Crippen LogP contribution in [0, 0.1) is 0 Å². The zero-order chi connectivity index (χ0) is 34.2. The number of aryl methyl sites for hydroxylation is 2. The van der Waals surface area contributed by atoms with Gasteiger partial charge in [0.15, 0.2) is 0 Å². The molecule has 0 radical (unpaired) electrons. The Balaban J connectivity index is 0.000000882. The van der Waals surface area contributed by atoms with Crippen LogP contribution in [0.3, 0.4) is 0 Å². The van der Waals surface area contributed by atoms with Gasteiger partial charge in [-0.3, -0.25) is 0 Å². The maximum Gasteiger partial charge on any atom is 2.00 e. The number of nitrogens with one attached hydrogen (secondary N) is 2. The standard InChI is InChI=1S/2C19H31NS3.Zn/c2*1-3-5-7-9-12-16-13-11-15-18(20(23)19(21)22)17(16)14-10-8-6-4-2;/h2*11,13,15,20H,3-10,12,14H2,1-2H3,(H,21,22);/q;;+2/p-2. The summed E-state index contributed by atoms with van der Waals surface area (Å²) in [5, 5.41) is 0. The molecule has 0 spiro atoms. The third kappa shape index (κ3) is 19.5. The summed E-state index contributed by atoms with van der Waals surface area (Å²) in [7, 11) is 0. The molecule has 0 aliphatic carbocycles. The zero-order valence-electron chi connectivity index (χ0n) is 29.8. The van der Waals surface area contributed by atoms with E-state index < -0.39 is 0 Å². The minimum absolute atomic E-state index is 0. The summed E-state index contributed by atoms with van der Waals surface area (Å²) in [6.07, 6.45) is 24.9. The van der Waals surface area contributed by atoms with Crippen LogP contribution in [0.5, 0.6) is 0 Å². The van der Waals surface area contributed by atoms with Crippen LogP contribution in [-0.4, -0.2) is 8.64 Å². The third-order valence-corrected chi connectivity index (χ3v) is 10.7. The number of rotatable bonds is 22. The van der Waals surface area contributed by atoms with Gasteiger partial charge >= 0.3 is 19.5 Å². The first-order chi connectivity index (χ1) is 22.2. The monoisotopic (exact) mass is 800 g/mol. The summed E-state index contributed by atoms with van der Waals surface area (Å²) in [5.74, 6) is 0. The minimum Gasteiger partial charge on any atom is -0.485 e. The molecule has 0 amide bonds.